The summed E-state index contributed by atoms with van der Waals surface area (Å²) in [5.74, 6) is -0.247. The molecule has 6 heteroatoms. The van der Waals surface area contributed by atoms with E-state index in [1.165, 1.54) is 0 Å². The Morgan fingerprint density at radius 2 is 1.43 bits per heavy atom. The van der Waals surface area contributed by atoms with E-state index in [2.05, 4.69) is 31.4 Å². The summed E-state index contributed by atoms with van der Waals surface area (Å²) in [5, 5.41) is 5.72. The van der Waals surface area contributed by atoms with Crippen LogP contribution in [0.2, 0.25) is 0 Å². The van der Waals surface area contributed by atoms with E-state index in [9.17, 15) is 9.59 Å². The van der Waals surface area contributed by atoms with Crippen LogP contribution in [0.25, 0.3) is 0 Å². The quantitative estimate of drug-likeness (QED) is 0.665. The van der Waals surface area contributed by atoms with Crippen LogP contribution in [0.1, 0.15) is 54.3 Å². The monoisotopic (exact) mass is 341 g/mol. The van der Waals surface area contributed by atoms with Gasteiger partial charge in [-0.25, -0.2) is 0 Å². The van der Waals surface area contributed by atoms with Crippen LogP contribution < -0.4 is 16.4 Å². The van der Waals surface area contributed by atoms with Gasteiger partial charge in [0.2, 0.25) is 0 Å². The van der Waals surface area contributed by atoms with Crippen LogP contribution in [0.5, 0.6) is 0 Å². The van der Waals surface area contributed by atoms with E-state index in [1.54, 1.807) is 24.3 Å². The van der Waals surface area contributed by atoms with Gasteiger partial charge in [-0.3, -0.25) is 9.59 Å². The maximum Gasteiger partial charge on any atom is 0.251 e. The Kier molecular flexibility index (Phi) is 9.53. The average Bonchev–Trinajstić information content (AvgIpc) is 2.48. The van der Waals surface area contributed by atoms with Crippen LogP contribution in [0.15, 0.2) is 24.3 Å². The number of halogens is 1. The summed E-state index contributed by atoms with van der Waals surface area (Å²) in [7, 11) is 0. The predicted octanol–water partition coefficient (Wildman–Crippen LogP) is 2.35. The van der Waals surface area contributed by atoms with E-state index in [0.29, 0.717) is 30.8 Å². The second-order valence-electron chi connectivity index (χ2n) is 6.57. The van der Waals surface area contributed by atoms with Crippen LogP contribution in [-0.4, -0.2) is 31.4 Å². The van der Waals surface area contributed by atoms with Crippen LogP contribution in [0, 0.1) is 5.41 Å². The Hall–Kier alpha value is -1.59. The predicted molar refractivity (Wildman–Crippen MR) is 96.1 cm³/mol. The van der Waals surface area contributed by atoms with Gasteiger partial charge in [0.1, 0.15) is 0 Å². The highest BCUT2D eigenvalue weighted by Crippen LogP contribution is 2.11. The number of nitrogens with one attached hydrogen (secondary N) is 2. The third-order valence-corrected chi connectivity index (χ3v) is 3.11. The zero-order valence-corrected chi connectivity index (χ0v) is 15.0. The first-order valence-corrected chi connectivity index (χ1v) is 7.70. The average molecular weight is 342 g/mol. The molecule has 0 fully saturated rings. The van der Waals surface area contributed by atoms with Gasteiger partial charge < -0.3 is 16.4 Å². The molecule has 0 aliphatic carbocycles. The molecule has 0 saturated carbocycles. The highest BCUT2D eigenvalue weighted by molar-refractivity contribution is 5.97. The Morgan fingerprint density at radius 1 is 0.957 bits per heavy atom. The standard InChI is InChI=1S/C17H27N3O2.ClH/c1-17(2,3)12-20-16(22)14-8-6-13(7-9-14)15(21)19-11-5-4-10-18;/h6-9H,4-5,10-12,18H2,1-3H3,(H,19,21)(H,20,22);1H. The molecule has 0 aromatic heterocycles. The molecule has 0 atom stereocenters. The van der Waals surface area contributed by atoms with Crippen molar-refractivity contribution in [1.29, 1.82) is 0 Å². The van der Waals surface area contributed by atoms with Crippen molar-refractivity contribution in [3.63, 3.8) is 0 Å². The van der Waals surface area contributed by atoms with Crippen molar-refractivity contribution in [3.05, 3.63) is 35.4 Å². The van der Waals surface area contributed by atoms with E-state index in [1.807, 2.05) is 0 Å². The summed E-state index contributed by atoms with van der Waals surface area (Å²) < 4.78 is 0. The fourth-order valence-corrected chi connectivity index (χ4v) is 1.79. The maximum atomic E-state index is 12.0. The van der Waals surface area contributed by atoms with E-state index >= 15 is 0 Å². The number of unbranched alkanes of at least 4 members (excludes halogenated alkanes) is 1. The van der Waals surface area contributed by atoms with Gasteiger partial charge in [0.25, 0.3) is 11.8 Å². The molecule has 0 aliphatic rings. The minimum atomic E-state index is -0.126. The summed E-state index contributed by atoms with van der Waals surface area (Å²) in [6.07, 6.45) is 1.77. The van der Waals surface area contributed by atoms with Crippen molar-refractivity contribution in [3.8, 4) is 0 Å². The molecule has 1 aromatic rings. The molecular formula is C17H28ClN3O2. The summed E-state index contributed by atoms with van der Waals surface area (Å²) in [6.45, 7) is 8.04. The first-order chi connectivity index (χ1) is 10.3. The molecular weight excluding hydrogens is 314 g/mol. The number of hydrogen-bond donors (Lipinski definition) is 3. The highest BCUT2D eigenvalue weighted by atomic mass is 35.5. The molecule has 5 nitrogen and oxygen atoms in total. The summed E-state index contributed by atoms with van der Waals surface area (Å²) in [5.41, 5.74) is 6.56. The Balaban J connectivity index is 0.00000484. The Labute approximate surface area is 144 Å². The van der Waals surface area contributed by atoms with Crippen molar-refractivity contribution in [2.75, 3.05) is 19.6 Å². The second-order valence-corrected chi connectivity index (χ2v) is 6.57. The molecule has 0 bridgehead atoms. The van der Waals surface area contributed by atoms with Gasteiger partial charge in [0, 0.05) is 24.2 Å². The van der Waals surface area contributed by atoms with Gasteiger partial charge in [-0.1, -0.05) is 20.8 Å². The van der Waals surface area contributed by atoms with E-state index in [4.69, 9.17) is 5.73 Å². The van der Waals surface area contributed by atoms with Gasteiger partial charge >= 0.3 is 0 Å². The summed E-state index contributed by atoms with van der Waals surface area (Å²) in [6, 6.07) is 6.69. The molecule has 0 spiro atoms. The van der Waals surface area contributed by atoms with Crippen molar-refractivity contribution >= 4 is 24.2 Å². The maximum absolute atomic E-state index is 12.0. The number of carbonyl (C=O) groups is 2. The highest BCUT2D eigenvalue weighted by Gasteiger charge is 2.13. The lowest BCUT2D eigenvalue weighted by Crippen LogP contribution is -2.32. The van der Waals surface area contributed by atoms with Crippen molar-refractivity contribution in [1.82, 2.24) is 10.6 Å². The molecule has 0 aliphatic heterocycles. The van der Waals surface area contributed by atoms with Crippen LogP contribution in [-0.2, 0) is 0 Å². The first kappa shape index (κ1) is 21.4. The lowest BCUT2D eigenvalue weighted by atomic mass is 9.97. The van der Waals surface area contributed by atoms with Crippen molar-refractivity contribution < 1.29 is 9.59 Å². The fraction of sp³-hybridized carbons (Fsp3) is 0.529. The molecule has 1 aromatic carbocycles. The topological polar surface area (TPSA) is 84.2 Å². The first-order valence-electron chi connectivity index (χ1n) is 7.70. The summed E-state index contributed by atoms with van der Waals surface area (Å²) in [4.78, 5) is 23.9. The lowest BCUT2D eigenvalue weighted by molar-refractivity contribution is 0.0932. The lowest BCUT2D eigenvalue weighted by Gasteiger charge is -2.18. The Bertz CT molecular complexity index is 496. The minimum absolute atomic E-state index is 0. The molecule has 4 N–H and O–H groups in total. The van der Waals surface area contributed by atoms with Crippen molar-refractivity contribution in [2.45, 2.75) is 33.6 Å². The third kappa shape index (κ3) is 8.57. The van der Waals surface area contributed by atoms with Gasteiger partial charge in [0.15, 0.2) is 0 Å². The number of amides is 2. The molecule has 0 radical (unpaired) electrons. The fourth-order valence-electron chi connectivity index (χ4n) is 1.79. The van der Waals surface area contributed by atoms with Gasteiger partial charge in [0.05, 0.1) is 0 Å². The SMILES string of the molecule is CC(C)(C)CNC(=O)c1ccc(C(=O)NCCCCN)cc1.Cl. The van der Waals surface area contributed by atoms with Crippen LogP contribution in [0.4, 0.5) is 0 Å². The molecule has 2 amide bonds. The normalized spacial score (nSPS) is 10.6. The smallest absolute Gasteiger partial charge is 0.251 e. The second kappa shape index (κ2) is 10.2. The van der Waals surface area contributed by atoms with E-state index in [-0.39, 0.29) is 29.6 Å². The van der Waals surface area contributed by atoms with Crippen molar-refractivity contribution in [2.24, 2.45) is 11.1 Å². The number of carbonyl (C=O) groups excluding carboxylic acids is 2. The number of rotatable bonds is 7. The molecule has 0 unspecified atom stereocenters. The van der Waals surface area contributed by atoms with Crippen LogP contribution in [0.3, 0.4) is 0 Å². The Morgan fingerprint density at radius 3 is 1.87 bits per heavy atom. The van der Waals surface area contributed by atoms with Gasteiger partial charge in [-0.2, -0.15) is 0 Å². The zero-order chi connectivity index (χ0) is 16.6. The third-order valence-electron chi connectivity index (χ3n) is 3.11. The van der Waals surface area contributed by atoms with Gasteiger partial charge in [-0.05, 0) is 49.1 Å². The number of benzene rings is 1. The number of hydrogen-bond acceptors (Lipinski definition) is 3. The molecule has 0 saturated heterocycles. The summed E-state index contributed by atoms with van der Waals surface area (Å²) >= 11 is 0. The molecule has 23 heavy (non-hydrogen) atoms. The van der Waals surface area contributed by atoms with Crippen LogP contribution >= 0.6 is 12.4 Å². The van der Waals surface area contributed by atoms with Gasteiger partial charge in [-0.15, -0.1) is 12.4 Å². The van der Waals surface area contributed by atoms with E-state index in [0.717, 1.165) is 12.8 Å². The number of nitrogens with two attached hydrogens (primary N) is 1. The largest absolute Gasteiger partial charge is 0.352 e. The van der Waals surface area contributed by atoms with E-state index < -0.39 is 0 Å². The molecule has 1 rings (SSSR count). The molecule has 130 valence electrons. The minimum Gasteiger partial charge on any atom is -0.352 e. The zero-order valence-electron chi connectivity index (χ0n) is 14.1. The molecule has 0 heterocycles.